The fraction of sp³-hybridized carbons (Fsp3) is 0.933. The lowest BCUT2D eigenvalue weighted by atomic mass is 10.1. The molecule has 2 aliphatic rings. The van der Waals surface area contributed by atoms with Gasteiger partial charge in [0.1, 0.15) is 5.60 Å². The van der Waals surface area contributed by atoms with Crippen molar-refractivity contribution in [3.05, 3.63) is 0 Å². The molecule has 0 spiro atoms. The van der Waals surface area contributed by atoms with Crippen LogP contribution in [0.1, 0.15) is 52.9 Å². The number of hydrogen-bond acceptors (Lipinski definition) is 4. The summed E-state index contributed by atoms with van der Waals surface area (Å²) >= 11 is 0. The van der Waals surface area contributed by atoms with Gasteiger partial charge in [-0.25, -0.2) is 4.79 Å². The third-order valence-corrected chi connectivity index (χ3v) is 3.83. The first-order chi connectivity index (χ1) is 9.44. The number of ether oxygens (including phenoxy) is 2. The Balaban J connectivity index is 1.79. The maximum absolute atomic E-state index is 11.9. The highest BCUT2D eigenvalue weighted by atomic mass is 16.6. The van der Waals surface area contributed by atoms with E-state index in [1.54, 1.807) is 0 Å². The maximum Gasteiger partial charge on any atom is 0.407 e. The van der Waals surface area contributed by atoms with Gasteiger partial charge in [-0.15, -0.1) is 0 Å². The van der Waals surface area contributed by atoms with E-state index in [-0.39, 0.29) is 12.1 Å². The molecule has 3 atom stereocenters. The second kappa shape index (κ2) is 6.76. The Kier molecular flexibility index (Phi) is 5.27. The molecule has 1 amide bonds. The van der Waals surface area contributed by atoms with Crippen LogP contribution in [0.5, 0.6) is 0 Å². The van der Waals surface area contributed by atoms with Gasteiger partial charge >= 0.3 is 6.09 Å². The third-order valence-electron chi connectivity index (χ3n) is 3.83. The maximum atomic E-state index is 11.9. The van der Waals surface area contributed by atoms with Crippen LogP contribution in [0.2, 0.25) is 0 Å². The van der Waals surface area contributed by atoms with E-state index in [1.807, 2.05) is 20.8 Å². The van der Waals surface area contributed by atoms with E-state index in [0.717, 1.165) is 45.3 Å². The fourth-order valence-corrected chi connectivity index (χ4v) is 2.97. The number of hydrogen-bond donors (Lipinski definition) is 2. The predicted molar refractivity (Wildman–Crippen MR) is 77.8 cm³/mol. The van der Waals surface area contributed by atoms with Crippen molar-refractivity contribution in [3.63, 3.8) is 0 Å². The van der Waals surface area contributed by atoms with Gasteiger partial charge in [-0.1, -0.05) is 0 Å². The van der Waals surface area contributed by atoms with Crippen LogP contribution in [0.4, 0.5) is 4.79 Å². The minimum atomic E-state index is -0.442. The zero-order valence-electron chi connectivity index (χ0n) is 12.9. The first-order valence-electron chi connectivity index (χ1n) is 7.77. The molecular formula is C15H28N2O3. The largest absolute Gasteiger partial charge is 0.444 e. The molecule has 1 aliphatic carbocycles. The zero-order valence-corrected chi connectivity index (χ0v) is 12.9. The number of alkyl carbamates (subject to hydrolysis) is 1. The van der Waals surface area contributed by atoms with Crippen molar-refractivity contribution in [2.75, 3.05) is 13.2 Å². The van der Waals surface area contributed by atoms with Gasteiger partial charge in [-0.3, -0.25) is 0 Å². The smallest absolute Gasteiger partial charge is 0.407 e. The standard InChI is InChI=1S/C15H28N2O3/c1-15(2,3)20-14(18)17-13-8-4-7-12(13)16-11-6-5-9-19-10-11/h11-13,16H,4-10H2,1-3H3,(H,17,18). The van der Waals surface area contributed by atoms with Crippen molar-refractivity contribution < 1.29 is 14.3 Å². The van der Waals surface area contributed by atoms with E-state index in [0.29, 0.717) is 12.1 Å². The number of rotatable bonds is 3. The van der Waals surface area contributed by atoms with Crippen LogP contribution in [0.15, 0.2) is 0 Å². The Morgan fingerprint density at radius 1 is 1.15 bits per heavy atom. The van der Waals surface area contributed by atoms with Crippen molar-refractivity contribution in [1.29, 1.82) is 0 Å². The lowest BCUT2D eigenvalue weighted by Gasteiger charge is -2.30. The lowest BCUT2D eigenvalue weighted by Crippen LogP contribution is -2.52. The van der Waals surface area contributed by atoms with E-state index in [2.05, 4.69) is 10.6 Å². The highest BCUT2D eigenvalue weighted by Gasteiger charge is 2.31. The summed E-state index contributed by atoms with van der Waals surface area (Å²) in [4.78, 5) is 11.9. The third kappa shape index (κ3) is 4.94. The second-order valence-electron chi connectivity index (χ2n) is 6.87. The molecule has 5 nitrogen and oxygen atoms in total. The average molecular weight is 284 g/mol. The van der Waals surface area contributed by atoms with E-state index in [4.69, 9.17) is 9.47 Å². The molecule has 1 aliphatic heterocycles. The Morgan fingerprint density at radius 2 is 1.90 bits per heavy atom. The topological polar surface area (TPSA) is 59.6 Å². The van der Waals surface area contributed by atoms with Crippen LogP contribution < -0.4 is 10.6 Å². The number of amides is 1. The summed E-state index contributed by atoms with van der Waals surface area (Å²) in [5.41, 5.74) is -0.442. The van der Waals surface area contributed by atoms with Crippen LogP contribution in [0.25, 0.3) is 0 Å². The summed E-state index contributed by atoms with van der Waals surface area (Å²) in [6.45, 7) is 7.32. The van der Waals surface area contributed by atoms with Crippen molar-refractivity contribution in [3.8, 4) is 0 Å². The average Bonchev–Trinajstić information content (AvgIpc) is 2.75. The molecule has 2 rings (SSSR count). The summed E-state index contributed by atoms with van der Waals surface area (Å²) < 4.78 is 10.8. The Labute approximate surface area is 121 Å². The SMILES string of the molecule is CC(C)(C)OC(=O)NC1CCCC1NC1CCCOC1. The Hall–Kier alpha value is -0.810. The molecule has 0 aromatic carbocycles. The van der Waals surface area contributed by atoms with Gasteiger partial charge in [-0.2, -0.15) is 0 Å². The molecule has 116 valence electrons. The van der Waals surface area contributed by atoms with Crippen molar-refractivity contribution >= 4 is 6.09 Å². The van der Waals surface area contributed by atoms with Gasteiger partial charge in [0.15, 0.2) is 0 Å². The summed E-state index contributed by atoms with van der Waals surface area (Å²) in [5.74, 6) is 0. The minimum absolute atomic E-state index is 0.173. The molecule has 0 aromatic rings. The molecular weight excluding hydrogens is 256 g/mol. The predicted octanol–water partition coefficient (Wildman–Crippen LogP) is 2.20. The Morgan fingerprint density at radius 3 is 2.55 bits per heavy atom. The normalized spacial score (nSPS) is 31.1. The summed E-state index contributed by atoms with van der Waals surface area (Å²) in [6.07, 6.45) is 5.24. The van der Waals surface area contributed by atoms with Crippen LogP contribution >= 0.6 is 0 Å². The van der Waals surface area contributed by atoms with Gasteiger partial charge in [0, 0.05) is 24.7 Å². The van der Waals surface area contributed by atoms with Crippen LogP contribution in [-0.4, -0.2) is 43.0 Å². The molecule has 5 heteroatoms. The van der Waals surface area contributed by atoms with Gasteiger partial charge in [-0.05, 0) is 52.9 Å². The summed E-state index contributed by atoms with van der Waals surface area (Å²) in [5, 5.41) is 6.65. The highest BCUT2D eigenvalue weighted by molar-refractivity contribution is 5.68. The zero-order chi connectivity index (χ0) is 14.6. The molecule has 0 bridgehead atoms. The molecule has 1 saturated carbocycles. The molecule has 0 radical (unpaired) electrons. The fourth-order valence-electron chi connectivity index (χ4n) is 2.97. The van der Waals surface area contributed by atoms with E-state index < -0.39 is 5.60 Å². The second-order valence-corrected chi connectivity index (χ2v) is 6.87. The molecule has 2 N–H and O–H groups in total. The molecule has 20 heavy (non-hydrogen) atoms. The van der Waals surface area contributed by atoms with Gasteiger partial charge in [0.2, 0.25) is 0 Å². The first-order valence-corrected chi connectivity index (χ1v) is 7.77. The lowest BCUT2D eigenvalue weighted by molar-refractivity contribution is 0.0478. The van der Waals surface area contributed by atoms with Crippen LogP contribution in [0.3, 0.4) is 0 Å². The Bertz CT molecular complexity index is 322. The minimum Gasteiger partial charge on any atom is -0.444 e. The summed E-state index contributed by atoms with van der Waals surface area (Å²) in [6, 6.07) is 0.941. The quantitative estimate of drug-likeness (QED) is 0.834. The molecule has 1 heterocycles. The number of carbonyl (C=O) groups is 1. The van der Waals surface area contributed by atoms with Gasteiger partial charge in [0.05, 0.1) is 6.61 Å². The molecule has 1 saturated heterocycles. The molecule has 3 unspecified atom stereocenters. The van der Waals surface area contributed by atoms with Crippen molar-refractivity contribution in [2.24, 2.45) is 0 Å². The number of carbonyl (C=O) groups excluding carboxylic acids is 1. The van der Waals surface area contributed by atoms with Crippen LogP contribution in [-0.2, 0) is 9.47 Å². The monoisotopic (exact) mass is 284 g/mol. The molecule has 0 aromatic heterocycles. The number of nitrogens with one attached hydrogen (secondary N) is 2. The first kappa shape index (κ1) is 15.6. The van der Waals surface area contributed by atoms with Gasteiger partial charge < -0.3 is 20.1 Å². The van der Waals surface area contributed by atoms with Crippen molar-refractivity contribution in [2.45, 2.75) is 76.6 Å². The van der Waals surface area contributed by atoms with E-state index in [9.17, 15) is 4.79 Å². The van der Waals surface area contributed by atoms with Gasteiger partial charge in [0.25, 0.3) is 0 Å². The van der Waals surface area contributed by atoms with E-state index >= 15 is 0 Å². The highest BCUT2D eigenvalue weighted by Crippen LogP contribution is 2.21. The molecule has 2 fully saturated rings. The van der Waals surface area contributed by atoms with Crippen LogP contribution in [0, 0.1) is 0 Å². The van der Waals surface area contributed by atoms with E-state index in [1.165, 1.54) is 0 Å². The van der Waals surface area contributed by atoms with Crippen molar-refractivity contribution in [1.82, 2.24) is 10.6 Å². The summed E-state index contributed by atoms with van der Waals surface area (Å²) in [7, 11) is 0.